The van der Waals surface area contributed by atoms with E-state index >= 15 is 0 Å². The van der Waals surface area contributed by atoms with Crippen molar-refractivity contribution >= 4 is 29.4 Å². The average Bonchev–Trinajstić information content (AvgIpc) is 3.21. The van der Waals surface area contributed by atoms with E-state index in [2.05, 4.69) is 5.32 Å². The van der Waals surface area contributed by atoms with Crippen LogP contribution in [-0.4, -0.2) is 42.9 Å². The van der Waals surface area contributed by atoms with Gasteiger partial charge in [-0.05, 0) is 31.2 Å². The lowest BCUT2D eigenvalue weighted by molar-refractivity contribution is -0.149. The van der Waals surface area contributed by atoms with Gasteiger partial charge >= 0.3 is 5.97 Å². The van der Waals surface area contributed by atoms with Crippen LogP contribution in [0.25, 0.3) is 0 Å². The molecule has 0 fully saturated rings. The first kappa shape index (κ1) is 20.7. The molecule has 0 bridgehead atoms. The molecule has 9 nitrogen and oxygen atoms in total. The van der Waals surface area contributed by atoms with Gasteiger partial charge in [-0.3, -0.25) is 14.4 Å². The van der Waals surface area contributed by atoms with Crippen LogP contribution < -0.4 is 16.0 Å². The monoisotopic (exact) mass is 387 g/mol. The molecule has 3 amide bonds. The van der Waals surface area contributed by atoms with Crippen LogP contribution in [0.1, 0.15) is 23.9 Å². The maximum atomic E-state index is 12.5. The summed E-state index contributed by atoms with van der Waals surface area (Å²) >= 11 is 0. The highest BCUT2D eigenvalue weighted by atomic mass is 16.5. The van der Waals surface area contributed by atoms with E-state index in [0.29, 0.717) is 5.69 Å². The summed E-state index contributed by atoms with van der Waals surface area (Å²) < 4.78 is 9.94. The maximum absolute atomic E-state index is 12.5. The van der Waals surface area contributed by atoms with Gasteiger partial charge in [-0.1, -0.05) is 18.2 Å². The fourth-order valence-electron chi connectivity index (χ4n) is 2.30. The minimum atomic E-state index is -0.985. The third-order valence-electron chi connectivity index (χ3n) is 3.73. The number of carbonyl (C=O) groups is 4. The van der Waals surface area contributed by atoms with Crippen LogP contribution in [-0.2, 0) is 19.1 Å². The number of rotatable bonds is 9. The van der Waals surface area contributed by atoms with E-state index in [1.54, 1.807) is 36.4 Å². The van der Waals surface area contributed by atoms with E-state index in [1.807, 2.05) is 0 Å². The van der Waals surface area contributed by atoms with Gasteiger partial charge in [0.25, 0.3) is 11.8 Å². The van der Waals surface area contributed by atoms with Crippen LogP contribution in [0.4, 0.5) is 5.69 Å². The largest absolute Gasteiger partial charge is 0.459 e. The molecule has 0 aliphatic heterocycles. The van der Waals surface area contributed by atoms with Crippen molar-refractivity contribution in [2.24, 2.45) is 5.73 Å². The van der Waals surface area contributed by atoms with Crippen molar-refractivity contribution in [3.8, 4) is 0 Å². The van der Waals surface area contributed by atoms with Gasteiger partial charge in [0.05, 0.1) is 6.26 Å². The number of ether oxygens (including phenoxy) is 1. The number of esters is 1. The van der Waals surface area contributed by atoms with Crippen LogP contribution in [0, 0.1) is 0 Å². The third kappa shape index (κ3) is 5.97. The van der Waals surface area contributed by atoms with E-state index < -0.39 is 36.3 Å². The number of furan rings is 1. The summed E-state index contributed by atoms with van der Waals surface area (Å²) in [5.41, 5.74) is 5.70. The van der Waals surface area contributed by atoms with Crippen molar-refractivity contribution < 1.29 is 28.3 Å². The zero-order valence-electron chi connectivity index (χ0n) is 15.3. The average molecular weight is 387 g/mol. The fraction of sp³-hybridized carbons (Fsp3) is 0.263. The van der Waals surface area contributed by atoms with E-state index in [1.165, 1.54) is 24.2 Å². The molecule has 148 valence electrons. The van der Waals surface area contributed by atoms with Crippen LogP contribution >= 0.6 is 0 Å². The number of hydrogen-bond acceptors (Lipinski definition) is 6. The molecule has 0 unspecified atom stereocenters. The van der Waals surface area contributed by atoms with Crippen molar-refractivity contribution in [3.05, 3.63) is 54.5 Å². The Labute approximate surface area is 161 Å². The van der Waals surface area contributed by atoms with Crippen molar-refractivity contribution in [1.29, 1.82) is 0 Å². The molecule has 2 rings (SSSR count). The molecule has 2 aromatic rings. The summed E-state index contributed by atoms with van der Waals surface area (Å²) in [6.07, 6.45) is 1.30. The topological polar surface area (TPSA) is 132 Å². The lowest BCUT2D eigenvalue weighted by Crippen LogP contribution is -2.42. The molecule has 1 aromatic carbocycles. The number of nitrogens with zero attached hydrogens (tertiary/aromatic N) is 1. The number of primary amides is 1. The number of carbonyl (C=O) groups excluding carboxylic acids is 4. The molecule has 0 spiro atoms. The second kappa shape index (κ2) is 9.91. The number of hydrogen-bond donors (Lipinski definition) is 2. The van der Waals surface area contributed by atoms with Crippen LogP contribution in [0.15, 0.2) is 53.1 Å². The zero-order valence-corrected chi connectivity index (χ0v) is 15.3. The first-order valence-corrected chi connectivity index (χ1v) is 8.53. The molecule has 1 heterocycles. The van der Waals surface area contributed by atoms with Gasteiger partial charge in [-0.15, -0.1) is 0 Å². The smallest absolute Gasteiger partial charge is 0.328 e. The Kier molecular flexibility index (Phi) is 7.32. The molecule has 1 atom stereocenters. The van der Waals surface area contributed by atoms with E-state index in [0.717, 1.165) is 0 Å². The maximum Gasteiger partial charge on any atom is 0.328 e. The number of benzene rings is 1. The Morgan fingerprint density at radius 3 is 2.46 bits per heavy atom. The molecule has 3 N–H and O–H groups in total. The lowest BCUT2D eigenvalue weighted by Gasteiger charge is -2.22. The van der Waals surface area contributed by atoms with Gasteiger partial charge in [0, 0.05) is 18.7 Å². The number of anilines is 1. The summed E-state index contributed by atoms with van der Waals surface area (Å²) in [6, 6.07) is 10.6. The molecule has 0 saturated carbocycles. The van der Waals surface area contributed by atoms with E-state index in [9.17, 15) is 19.2 Å². The Bertz CT molecular complexity index is 819. The summed E-state index contributed by atoms with van der Waals surface area (Å²) in [6.45, 7) is 0.934. The summed E-state index contributed by atoms with van der Waals surface area (Å²) in [7, 11) is 0. The van der Waals surface area contributed by atoms with Crippen molar-refractivity contribution in [2.45, 2.75) is 19.4 Å². The van der Waals surface area contributed by atoms with Gasteiger partial charge in [-0.2, -0.15) is 0 Å². The first-order valence-electron chi connectivity index (χ1n) is 8.53. The van der Waals surface area contributed by atoms with E-state index in [4.69, 9.17) is 14.9 Å². The fourth-order valence-corrected chi connectivity index (χ4v) is 2.30. The predicted molar refractivity (Wildman–Crippen MR) is 99.2 cm³/mol. The molecular formula is C19H21N3O6. The minimum absolute atomic E-state index is 0.0375. The number of amides is 3. The van der Waals surface area contributed by atoms with Crippen LogP contribution in [0.5, 0.6) is 0 Å². The molecule has 0 aliphatic rings. The molecule has 28 heavy (non-hydrogen) atoms. The van der Waals surface area contributed by atoms with E-state index in [-0.39, 0.29) is 18.7 Å². The molecule has 0 saturated heterocycles. The lowest BCUT2D eigenvalue weighted by atomic mass is 10.2. The predicted octanol–water partition coefficient (Wildman–Crippen LogP) is 0.850. The highest BCUT2D eigenvalue weighted by Crippen LogP contribution is 2.14. The second-order valence-electron chi connectivity index (χ2n) is 5.88. The Morgan fingerprint density at radius 1 is 1.14 bits per heavy atom. The Morgan fingerprint density at radius 2 is 1.86 bits per heavy atom. The van der Waals surface area contributed by atoms with Crippen molar-refractivity contribution in [1.82, 2.24) is 5.32 Å². The number of para-hydroxylation sites is 1. The van der Waals surface area contributed by atoms with Gasteiger partial charge in [0.1, 0.15) is 6.04 Å². The molecular weight excluding hydrogens is 366 g/mol. The van der Waals surface area contributed by atoms with Crippen molar-refractivity contribution in [3.63, 3.8) is 0 Å². The highest BCUT2D eigenvalue weighted by Gasteiger charge is 2.22. The van der Waals surface area contributed by atoms with Crippen molar-refractivity contribution in [2.75, 3.05) is 18.1 Å². The molecule has 1 aromatic heterocycles. The normalized spacial score (nSPS) is 11.3. The quantitative estimate of drug-likeness (QED) is 0.613. The Balaban J connectivity index is 1.92. The highest BCUT2D eigenvalue weighted by molar-refractivity contribution is 5.97. The third-order valence-corrected chi connectivity index (χ3v) is 3.73. The molecule has 0 aliphatic carbocycles. The Hall–Kier alpha value is -3.62. The summed E-state index contributed by atoms with van der Waals surface area (Å²) in [4.78, 5) is 48.8. The second-order valence-corrected chi connectivity index (χ2v) is 5.88. The standard InChI is InChI=1S/C19H21N3O6/c1-13(21-18(25)15-8-5-11-27-15)19(26)28-12-17(24)22(10-9-16(20)23)14-6-3-2-4-7-14/h2-8,11,13H,9-10,12H2,1H3,(H2,20,23)(H,21,25)/t13-/m0/s1. The molecule has 9 heteroatoms. The summed E-state index contributed by atoms with van der Waals surface area (Å²) in [5, 5.41) is 2.41. The first-order chi connectivity index (χ1) is 13.4. The van der Waals surface area contributed by atoms with Gasteiger partial charge in [0.2, 0.25) is 5.91 Å². The zero-order chi connectivity index (χ0) is 20.5. The van der Waals surface area contributed by atoms with Gasteiger partial charge in [0.15, 0.2) is 12.4 Å². The van der Waals surface area contributed by atoms with Crippen LogP contribution in [0.3, 0.4) is 0 Å². The SMILES string of the molecule is C[C@H](NC(=O)c1ccco1)C(=O)OCC(=O)N(CCC(N)=O)c1ccccc1. The minimum Gasteiger partial charge on any atom is -0.459 e. The number of nitrogens with two attached hydrogens (primary N) is 1. The summed E-state index contributed by atoms with van der Waals surface area (Å²) in [5.74, 6) is -2.38. The van der Waals surface area contributed by atoms with Gasteiger partial charge < -0.3 is 25.1 Å². The van der Waals surface area contributed by atoms with Gasteiger partial charge in [-0.25, -0.2) is 4.79 Å². The van der Waals surface area contributed by atoms with Crippen LogP contribution in [0.2, 0.25) is 0 Å². The number of nitrogens with one attached hydrogen (secondary N) is 1. The molecule has 0 radical (unpaired) electrons.